The van der Waals surface area contributed by atoms with Crippen LogP contribution in [-0.4, -0.2) is 20.2 Å². The number of nitrogens with one attached hydrogen (secondary N) is 1. The topological polar surface area (TPSA) is 98.0 Å². The molecule has 2 heterocycles. The fourth-order valence-corrected chi connectivity index (χ4v) is 3.34. The van der Waals surface area contributed by atoms with Gasteiger partial charge in [-0.05, 0) is 12.0 Å². The Morgan fingerprint density at radius 3 is 2.61 bits per heavy atom. The average Bonchev–Trinajstić information content (AvgIpc) is 3.06. The minimum atomic E-state index is -0.499. The number of aromatic amines is 1. The standard InChI is InChI=1S/C15H13N3O4S/c19-14-12(13-2-1-7-23-13)8-16-15(20)17(14)9-10-3-5-11(6-4-10)18(21)22/h2-6,8H,1,7,9H2,(H,16,20). The Balaban J connectivity index is 1.96. The van der Waals surface area contributed by atoms with Crippen molar-refractivity contribution < 1.29 is 4.92 Å². The molecule has 0 spiro atoms. The summed E-state index contributed by atoms with van der Waals surface area (Å²) in [5.41, 5.74) is 0.243. The summed E-state index contributed by atoms with van der Waals surface area (Å²) in [6.07, 6.45) is 4.33. The van der Waals surface area contributed by atoms with Crippen molar-refractivity contribution in [1.29, 1.82) is 0 Å². The maximum Gasteiger partial charge on any atom is 0.328 e. The quantitative estimate of drug-likeness (QED) is 0.682. The Labute approximate surface area is 134 Å². The van der Waals surface area contributed by atoms with Crippen molar-refractivity contribution in [3.05, 3.63) is 78.6 Å². The van der Waals surface area contributed by atoms with Crippen LogP contribution in [0.25, 0.3) is 4.91 Å². The maximum atomic E-state index is 12.5. The number of rotatable bonds is 4. The molecule has 1 aliphatic rings. The van der Waals surface area contributed by atoms with E-state index in [-0.39, 0.29) is 17.8 Å². The maximum absolute atomic E-state index is 12.5. The highest BCUT2D eigenvalue weighted by Gasteiger charge is 2.15. The van der Waals surface area contributed by atoms with Crippen LogP contribution in [0.15, 0.2) is 46.1 Å². The van der Waals surface area contributed by atoms with E-state index in [1.165, 1.54) is 18.3 Å². The van der Waals surface area contributed by atoms with Gasteiger partial charge >= 0.3 is 5.69 Å². The molecule has 8 heteroatoms. The molecule has 23 heavy (non-hydrogen) atoms. The van der Waals surface area contributed by atoms with Gasteiger partial charge < -0.3 is 4.98 Å². The third-order valence-corrected chi connectivity index (χ3v) is 4.66. The molecule has 2 aromatic rings. The molecule has 0 radical (unpaired) electrons. The van der Waals surface area contributed by atoms with Crippen LogP contribution in [0.3, 0.4) is 0 Å². The second-order valence-corrected chi connectivity index (χ2v) is 6.16. The first kappa shape index (κ1) is 15.3. The van der Waals surface area contributed by atoms with Crippen LogP contribution in [0, 0.1) is 10.1 Å². The highest BCUT2D eigenvalue weighted by molar-refractivity contribution is 8.08. The number of nitro groups is 1. The van der Waals surface area contributed by atoms with Crippen molar-refractivity contribution in [1.82, 2.24) is 9.55 Å². The number of nitrogens with zero attached hydrogens (tertiary/aromatic N) is 2. The number of allylic oxidation sites excluding steroid dienone is 1. The number of non-ortho nitro benzene ring substituents is 1. The van der Waals surface area contributed by atoms with Crippen LogP contribution in [0.2, 0.25) is 0 Å². The molecule has 118 valence electrons. The molecule has 0 saturated heterocycles. The molecule has 0 fully saturated rings. The minimum Gasteiger partial charge on any atom is -0.313 e. The average molecular weight is 331 g/mol. The van der Waals surface area contributed by atoms with E-state index in [1.807, 2.05) is 6.08 Å². The summed E-state index contributed by atoms with van der Waals surface area (Å²) in [7, 11) is 0. The van der Waals surface area contributed by atoms with E-state index < -0.39 is 10.6 Å². The zero-order chi connectivity index (χ0) is 16.4. The molecular formula is C15H13N3O4S. The molecule has 1 aliphatic heterocycles. The Kier molecular flexibility index (Phi) is 4.16. The summed E-state index contributed by atoms with van der Waals surface area (Å²) >= 11 is 1.59. The van der Waals surface area contributed by atoms with Gasteiger partial charge in [0.15, 0.2) is 0 Å². The Morgan fingerprint density at radius 2 is 2.00 bits per heavy atom. The second kappa shape index (κ2) is 6.25. The highest BCUT2D eigenvalue weighted by Crippen LogP contribution is 2.31. The monoisotopic (exact) mass is 331 g/mol. The SMILES string of the molecule is O=c1[nH]cc(C2=CCCS2)c(=O)n1Cc1ccc([N+](=O)[O-])cc1. The molecule has 0 saturated carbocycles. The van der Waals surface area contributed by atoms with Crippen molar-refractivity contribution in [2.75, 3.05) is 5.75 Å². The molecule has 7 nitrogen and oxygen atoms in total. The van der Waals surface area contributed by atoms with Crippen molar-refractivity contribution in [2.45, 2.75) is 13.0 Å². The summed E-state index contributed by atoms with van der Waals surface area (Å²) < 4.78 is 1.11. The van der Waals surface area contributed by atoms with E-state index in [9.17, 15) is 19.7 Å². The van der Waals surface area contributed by atoms with Gasteiger partial charge in [-0.15, -0.1) is 11.8 Å². The van der Waals surface area contributed by atoms with Gasteiger partial charge in [0.1, 0.15) is 0 Å². The van der Waals surface area contributed by atoms with Gasteiger partial charge in [-0.2, -0.15) is 0 Å². The molecule has 0 unspecified atom stereocenters. The van der Waals surface area contributed by atoms with Gasteiger partial charge in [-0.1, -0.05) is 18.2 Å². The van der Waals surface area contributed by atoms with E-state index in [4.69, 9.17) is 0 Å². The molecule has 0 atom stereocenters. The van der Waals surface area contributed by atoms with Gasteiger partial charge in [-0.3, -0.25) is 19.5 Å². The zero-order valence-electron chi connectivity index (χ0n) is 12.0. The Morgan fingerprint density at radius 1 is 1.26 bits per heavy atom. The summed E-state index contributed by atoms with van der Waals surface area (Å²) in [4.78, 5) is 38.1. The van der Waals surface area contributed by atoms with Crippen LogP contribution in [0.1, 0.15) is 17.5 Å². The van der Waals surface area contributed by atoms with Gasteiger partial charge in [0.25, 0.3) is 11.2 Å². The first-order valence-corrected chi connectivity index (χ1v) is 7.94. The number of benzene rings is 1. The lowest BCUT2D eigenvalue weighted by atomic mass is 10.2. The molecule has 0 aliphatic carbocycles. The van der Waals surface area contributed by atoms with Gasteiger partial charge in [0.05, 0.1) is 17.0 Å². The number of aromatic nitrogens is 2. The van der Waals surface area contributed by atoms with Gasteiger partial charge in [0.2, 0.25) is 0 Å². The third-order valence-electron chi connectivity index (χ3n) is 3.52. The van der Waals surface area contributed by atoms with Crippen molar-refractivity contribution >= 4 is 22.4 Å². The Bertz CT molecular complexity index is 896. The predicted octanol–water partition coefficient (Wildman–Crippen LogP) is 1.97. The van der Waals surface area contributed by atoms with Crippen LogP contribution < -0.4 is 11.2 Å². The summed E-state index contributed by atoms with van der Waals surface area (Å²) in [5, 5.41) is 10.7. The highest BCUT2D eigenvalue weighted by atomic mass is 32.2. The normalized spacial score (nSPS) is 13.8. The number of thioether (sulfide) groups is 1. The van der Waals surface area contributed by atoms with Crippen LogP contribution in [0.4, 0.5) is 5.69 Å². The summed E-state index contributed by atoms with van der Waals surface area (Å²) in [6.45, 7) is 0.0674. The predicted molar refractivity (Wildman–Crippen MR) is 88.6 cm³/mol. The molecule has 1 N–H and O–H groups in total. The number of nitro benzene ring substituents is 1. The van der Waals surface area contributed by atoms with Crippen LogP contribution in [0.5, 0.6) is 0 Å². The molecule has 0 bridgehead atoms. The summed E-state index contributed by atoms with van der Waals surface area (Å²) in [5.74, 6) is 0.927. The summed E-state index contributed by atoms with van der Waals surface area (Å²) in [6, 6.07) is 5.79. The lowest BCUT2D eigenvalue weighted by molar-refractivity contribution is -0.384. The van der Waals surface area contributed by atoms with Crippen molar-refractivity contribution in [3.63, 3.8) is 0 Å². The second-order valence-electron chi connectivity index (χ2n) is 5.03. The van der Waals surface area contributed by atoms with Crippen molar-refractivity contribution in [3.8, 4) is 0 Å². The molecular weight excluding hydrogens is 318 g/mol. The lowest BCUT2D eigenvalue weighted by Gasteiger charge is -2.07. The van der Waals surface area contributed by atoms with E-state index in [1.54, 1.807) is 23.9 Å². The first-order valence-electron chi connectivity index (χ1n) is 6.95. The van der Waals surface area contributed by atoms with Crippen LogP contribution >= 0.6 is 11.8 Å². The number of hydrogen-bond acceptors (Lipinski definition) is 5. The smallest absolute Gasteiger partial charge is 0.313 e. The van der Waals surface area contributed by atoms with Gasteiger partial charge in [-0.25, -0.2) is 4.79 Å². The van der Waals surface area contributed by atoms with Gasteiger partial charge in [0, 0.05) is 29.0 Å². The van der Waals surface area contributed by atoms with E-state index >= 15 is 0 Å². The van der Waals surface area contributed by atoms with E-state index in [2.05, 4.69) is 4.98 Å². The number of H-pyrrole nitrogens is 1. The molecule has 1 aromatic heterocycles. The third kappa shape index (κ3) is 3.11. The number of hydrogen-bond donors (Lipinski definition) is 1. The molecule has 3 rings (SSSR count). The zero-order valence-corrected chi connectivity index (χ0v) is 12.8. The fraction of sp³-hybridized carbons (Fsp3) is 0.200. The Hall–Kier alpha value is -2.61. The molecule has 1 aromatic carbocycles. The largest absolute Gasteiger partial charge is 0.328 e. The minimum absolute atomic E-state index is 0.0312. The van der Waals surface area contributed by atoms with E-state index in [0.717, 1.165) is 21.6 Å². The fourth-order valence-electron chi connectivity index (χ4n) is 2.34. The van der Waals surface area contributed by atoms with Crippen LogP contribution in [-0.2, 0) is 6.54 Å². The lowest BCUT2D eigenvalue weighted by Crippen LogP contribution is -2.36. The molecule has 0 amide bonds. The van der Waals surface area contributed by atoms with E-state index in [0.29, 0.717) is 11.1 Å². The van der Waals surface area contributed by atoms with Crippen molar-refractivity contribution in [2.24, 2.45) is 0 Å². The first-order chi connectivity index (χ1) is 11.1.